The molecule has 0 atom stereocenters. The summed E-state index contributed by atoms with van der Waals surface area (Å²) in [5.74, 6) is 2.91. The van der Waals surface area contributed by atoms with Crippen LogP contribution in [-0.2, 0) is 13.1 Å². The quantitative estimate of drug-likeness (QED) is 0.483. The topological polar surface area (TPSA) is 77.0 Å². The zero-order valence-corrected chi connectivity index (χ0v) is 18.1. The molecule has 7 heteroatoms. The highest BCUT2D eigenvalue weighted by atomic mass is 16.5. The maximum absolute atomic E-state index is 6.33. The monoisotopic (exact) mass is 412 g/mol. The summed E-state index contributed by atoms with van der Waals surface area (Å²) in [6, 6.07) is 9.85. The van der Waals surface area contributed by atoms with Crippen LogP contribution in [0.25, 0.3) is 0 Å². The number of nitrogens with one attached hydrogen (secondary N) is 2. The first-order chi connectivity index (χ1) is 14.7. The highest BCUT2D eigenvalue weighted by Crippen LogP contribution is 2.34. The van der Waals surface area contributed by atoms with Crippen LogP contribution in [0, 0.1) is 0 Å². The summed E-state index contributed by atoms with van der Waals surface area (Å²) in [4.78, 5) is 8.92. The van der Waals surface area contributed by atoms with E-state index in [1.54, 1.807) is 20.4 Å². The summed E-state index contributed by atoms with van der Waals surface area (Å²) in [7, 11) is 3.30. The van der Waals surface area contributed by atoms with Gasteiger partial charge in [0.15, 0.2) is 17.5 Å². The van der Waals surface area contributed by atoms with Crippen LogP contribution in [0.1, 0.15) is 43.7 Å². The minimum atomic E-state index is 0.264. The van der Waals surface area contributed by atoms with Crippen molar-refractivity contribution in [3.05, 3.63) is 47.7 Å². The van der Waals surface area contributed by atoms with Crippen molar-refractivity contribution in [2.45, 2.75) is 51.8 Å². The minimum Gasteiger partial charge on any atom is -0.493 e. The fraction of sp³-hybridized carbons (Fsp3) is 0.478. The van der Waals surface area contributed by atoms with Crippen LogP contribution in [0.2, 0.25) is 0 Å². The van der Waals surface area contributed by atoms with Gasteiger partial charge in [-0.1, -0.05) is 18.2 Å². The first-order valence-corrected chi connectivity index (χ1v) is 10.6. The molecule has 1 saturated carbocycles. The highest BCUT2D eigenvalue weighted by molar-refractivity contribution is 5.79. The highest BCUT2D eigenvalue weighted by Gasteiger charge is 2.20. The summed E-state index contributed by atoms with van der Waals surface area (Å²) in [5.41, 5.74) is 1.98. The summed E-state index contributed by atoms with van der Waals surface area (Å²) >= 11 is 0. The molecule has 2 N–H and O–H groups in total. The fourth-order valence-electron chi connectivity index (χ4n) is 3.58. The summed E-state index contributed by atoms with van der Waals surface area (Å²) in [6.07, 6.45) is 6.62. The number of aliphatic imine (C=N–C) groups is 1. The molecule has 0 saturated heterocycles. The maximum atomic E-state index is 6.33. The van der Waals surface area contributed by atoms with Gasteiger partial charge in [0.25, 0.3) is 0 Å². The number of hydrogen-bond acceptors (Lipinski definition) is 5. The average Bonchev–Trinajstić information content (AvgIpc) is 3.29. The van der Waals surface area contributed by atoms with Gasteiger partial charge in [0.2, 0.25) is 5.88 Å². The first kappa shape index (κ1) is 21.7. The number of guanidine groups is 1. The molecule has 7 nitrogen and oxygen atoms in total. The number of ether oxygens (including phenoxy) is 3. The number of benzene rings is 1. The van der Waals surface area contributed by atoms with Crippen LogP contribution >= 0.6 is 0 Å². The summed E-state index contributed by atoms with van der Waals surface area (Å²) in [5, 5.41) is 6.69. The third kappa shape index (κ3) is 5.78. The second-order valence-corrected chi connectivity index (χ2v) is 7.19. The number of para-hydroxylation sites is 1. The van der Waals surface area contributed by atoms with E-state index in [1.165, 1.54) is 12.8 Å². The largest absolute Gasteiger partial charge is 0.493 e. The van der Waals surface area contributed by atoms with Gasteiger partial charge in [-0.25, -0.2) is 9.98 Å². The van der Waals surface area contributed by atoms with E-state index in [1.807, 2.05) is 31.2 Å². The Balaban J connectivity index is 1.72. The van der Waals surface area contributed by atoms with Gasteiger partial charge in [0.1, 0.15) is 0 Å². The Morgan fingerprint density at radius 3 is 2.60 bits per heavy atom. The van der Waals surface area contributed by atoms with E-state index in [0.717, 1.165) is 48.0 Å². The van der Waals surface area contributed by atoms with Gasteiger partial charge in [-0.05, 0) is 44.7 Å². The SMILES string of the molecule is CCNC(=NCc1cccnc1OC)NCc1cccc(OC)c1OC1CCCC1. The molecule has 162 valence electrons. The predicted octanol–water partition coefficient (Wildman–Crippen LogP) is 3.68. The van der Waals surface area contributed by atoms with Crippen molar-refractivity contribution >= 4 is 5.96 Å². The molecule has 1 aliphatic rings. The van der Waals surface area contributed by atoms with E-state index < -0.39 is 0 Å². The zero-order chi connectivity index (χ0) is 21.2. The third-order valence-corrected chi connectivity index (χ3v) is 5.11. The number of hydrogen-bond donors (Lipinski definition) is 2. The molecule has 1 aromatic carbocycles. The Morgan fingerprint density at radius 1 is 1.07 bits per heavy atom. The molecule has 0 spiro atoms. The molecule has 0 bridgehead atoms. The van der Waals surface area contributed by atoms with Crippen molar-refractivity contribution in [2.24, 2.45) is 4.99 Å². The van der Waals surface area contributed by atoms with E-state index in [0.29, 0.717) is 19.0 Å². The molecule has 1 aromatic heterocycles. The maximum Gasteiger partial charge on any atom is 0.218 e. The van der Waals surface area contributed by atoms with Gasteiger partial charge in [0.05, 0.1) is 26.9 Å². The average molecular weight is 413 g/mol. The van der Waals surface area contributed by atoms with Crippen LogP contribution < -0.4 is 24.8 Å². The molecule has 1 heterocycles. The van der Waals surface area contributed by atoms with Crippen LogP contribution in [-0.4, -0.2) is 37.8 Å². The molecule has 1 aliphatic carbocycles. The van der Waals surface area contributed by atoms with Crippen LogP contribution in [0.4, 0.5) is 0 Å². The van der Waals surface area contributed by atoms with Crippen molar-refractivity contribution in [3.8, 4) is 17.4 Å². The number of rotatable bonds is 9. The molecular weight excluding hydrogens is 380 g/mol. The van der Waals surface area contributed by atoms with Crippen molar-refractivity contribution in [1.29, 1.82) is 0 Å². The lowest BCUT2D eigenvalue weighted by Crippen LogP contribution is -2.37. The molecule has 1 fully saturated rings. The van der Waals surface area contributed by atoms with Crippen LogP contribution in [0.5, 0.6) is 17.4 Å². The lowest BCUT2D eigenvalue weighted by molar-refractivity contribution is 0.198. The van der Waals surface area contributed by atoms with Crippen molar-refractivity contribution < 1.29 is 14.2 Å². The Kier molecular flexibility index (Phi) is 8.18. The Morgan fingerprint density at radius 2 is 1.87 bits per heavy atom. The lowest BCUT2D eigenvalue weighted by atomic mass is 10.1. The molecule has 0 aliphatic heterocycles. The van der Waals surface area contributed by atoms with Gasteiger partial charge in [-0.15, -0.1) is 0 Å². The van der Waals surface area contributed by atoms with Crippen molar-refractivity contribution in [2.75, 3.05) is 20.8 Å². The molecule has 0 radical (unpaired) electrons. The van der Waals surface area contributed by atoms with Gasteiger partial charge >= 0.3 is 0 Å². The van der Waals surface area contributed by atoms with Crippen LogP contribution in [0.15, 0.2) is 41.5 Å². The van der Waals surface area contributed by atoms with Crippen molar-refractivity contribution in [1.82, 2.24) is 15.6 Å². The number of pyridine rings is 1. The van der Waals surface area contributed by atoms with Gasteiger partial charge in [-0.2, -0.15) is 0 Å². The molecule has 30 heavy (non-hydrogen) atoms. The lowest BCUT2D eigenvalue weighted by Gasteiger charge is -2.20. The first-order valence-electron chi connectivity index (χ1n) is 10.6. The van der Waals surface area contributed by atoms with E-state index in [2.05, 4.69) is 26.7 Å². The van der Waals surface area contributed by atoms with Gasteiger partial charge in [0, 0.05) is 30.4 Å². The van der Waals surface area contributed by atoms with E-state index in [9.17, 15) is 0 Å². The summed E-state index contributed by atoms with van der Waals surface area (Å²) < 4.78 is 17.2. The number of aromatic nitrogens is 1. The Bertz CT molecular complexity index is 835. The molecule has 2 aromatic rings. The number of methoxy groups -OCH3 is 2. The van der Waals surface area contributed by atoms with E-state index in [4.69, 9.17) is 14.2 Å². The normalized spacial score (nSPS) is 14.4. The Hall–Kier alpha value is -2.96. The standard InChI is InChI=1S/C23H32N4O3/c1-4-24-23(27-16-18-10-8-14-25-22(18)29-3)26-15-17-9-7-13-20(28-2)21(17)30-19-11-5-6-12-19/h7-10,13-14,19H,4-6,11-12,15-16H2,1-3H3,(H2,24,26,27). The molecule has 3 rings (SSSR count). The molecular formula is C23H32N4O3. The minimum absolute atomic E-state index is 0.264. The van der Waals surface area contributed by atoms with E-state index >= 15 is 0 Å². The smallest absolute Gasteiger partial charge is 0.218 e. The predicted molar refractivity (Wildman–Crippen MR) is 118 cm³/mol. The molecule has 0 unspecified atom stereocenters. The van der Waals surface area contributed by atoms with Gasteiger partial charge < -0.3 is 24.8 Å². The second kappa shape index (κ2) is 11.3. The fourth-order valence-corrected chi connectivity index (χ4v) is 3.58. The molecule has 0 amide bonds. The van der Waals surface area contributed by atoms with Crippen molar-refractivity contribution in [3.63, 3.8) is 0 Å². The zero-order valence-electron chi connectivity index (χ0n) is 18.1. The second-order valence-electron chi connectivity index (χ2n) is 7.19. The van der Waals surface area contributed by atoms with E-state index in [-0.39, 0.29) is 6.10 Å². The summed E-state index contributed by atoms with van der Waals surface area (Å²) in [6.45, 7) is 3.85. The Labute approximate surface area is 178 Å². The third-order valence-electron chi connectivity index (χ3n) is 5.11. The van der Waals surface area contributed by atoms with Crippen LogP contribution in [0.3, 0.4) is 0 Å². The number of nitrogens with zero attached hydrogens (tertiary/aromatic N) is 2. The van der Waals surface area contributed by atoms with Gasteiger partial charge in [-0.3, -0.25) is 0 Å².